The highest BCUT2D eigenvalue weighted by molar-refractivity contribution is 7.12. The van der Waals surface area contributed by atoms with Gasteiger partial charge in [0.25, 0.3) is 0 Å². The Balaban J connectivity index is 1.42. The average Bonchev–Trinajstić information content (AvgIpc) is 3.32. The van der Waals surface area contributed by atoms with Crippen molar-refractivity contribution in [3.05, 3.63) is 22.4 Å². The molecule has 27 heavy (non-hydrogen) atoms. The van der Waals surface area contributed by atoms with E-state index in [2.05, 4.69) is 0 Å². The summed E-state index contributed by atoms with van der Waals surface area (Å²) >= 11 is 1.36. The summed E-state index contributed by atoms with van der Waals surface area (Å²) in [7, 11) is 0. The molecular weight excluding hydrogens is 370 g/mol. The fraction of sp³-hybridized carbons (Fsp3) is 0.500. The Labute approximate surface area is 160 Å². The molecule has 1 aromatic rings. The summed E-state index contributed by atoms with van der Waals surface area (Å²) in [4.78, 5) is 64.7. The van der Waals surface area contributed by atoms with Crippen molar-refractivity contribution in [1.29, 1.82) is 0 Å². The number of ketones is 1. The summed E-state index contributed by atoms with van der Waals surface area (Å²) in [6.07, 6.45) is 0.663. The first kappa shape index (κ1) is 19.2. The maximum atomic E-state index is 12.3. The molecular formula is C18H21N3O5S. The molecule has 0 radical (unpaired) electrons. The molecule has 0 atom stereocenters. The molecule has 2 aliphatic heterocycles. The molecule has 8 nitrogen and oxygen atoms in total. The van der Waals surface area contributed by atoms with E-state index in [0.29, 0.717) is 31.1 Å². The van der Waals surface area contributed by atoms with Crippen molar-refractivity contribution in [2.45, 2.75) is 25.7 Å². The summed E-state index contributed by atoms with van der Waals surface area (Å²) in [5, 5.41) is 1.83. The lowest BCUT2D eigenvalue weighted by Crippen LogP contribution is -2.53. The lowest BCUT2D eigenvalue weighted by atomic mass is 10.1. The zero-order chi connectivity index (χ0) is 19.4. The second-order valence-electron chi connectivity index (χ2n) is 6.54. The van der Waals surface area contributed by atoms with Gasteiger partial charge in [0.2, 0.25) is 23.6 Å². The highest BCUT2D eigenvalue weighted by Gasteiger charge is 2.33. The zero-order valence-corrected chi connectivity index (χ0v) is 15.7. The van der Waals surface area contributed by atoms with E-state index >= 15 is 0 Å². The number of amides is 4. The van der Waals surface area contributed by atoms with Crippen LogP contribution in [0.1, 0.15) is 35.4 Å². The summed E-state index contributed by atoms with van der Waals surface area (Å²) in [6, 6.07) is 3.55. The number of piperazine rings is 1. The number of nitrogens with zero attached hydrogens (tertiary/aromatic N) is 3. The van der Waals surface area contributed by atoms with Crippen molar-refractivity contribution < 1.29 is 24.0 Å². The summed E-state index contributed by atoms with van der Waals surface area (Å²) < 4.78 is 0. The number of likely N-dealkylation sites (tertiary alicyclic amines) is 1. The number of rotatable bonds is 6. The van der Waals surface area contributed by atoms with Gasteiger partial charge in [-0.2, -0.15) is 0 Å². The number of carbonyl (C=O) groups is 5. The van der Waals surface area contributed by atoms with Crippen molar-refractivity contribution in [3.63, 3.8) is 0 Å². The largest absolute Gasteiger partial charge is 0.339 e. The van der Waals surface area contributed by atoms with Crippen LogP contribution < -0.4 is 0 Å². The molecule has 0 aliphatic carbocycles. The van der Waals surface area contributed by atoms with Crippen molar-refractivity contribution in [1.82, 2.24) is 14.7 Å². The summed E-state index contributed by atoms with van der Waals surface area (Å²) in [5.41, 5.74) is 0. The molecule has 0 spiro atoms. The molecule has 144 valence electrons. The minimum atomic E-state index is -0.308. The van der Waals surface area contributed by atoms with Crippen LogP contribution in [-0.2, 0) is 19.2 Å². The van der Waals surface area contributed by atoms with Crippen molar-refractivity contribution >= 4 is 40.7 Å². The Morgan fingerprint density at radius 3 is 2.04 bits per heavy atom. The molecule has 1 aromatic heterocycles. The van der Waals surface area contributed by atoms with Crippen LogP contribution in [0.2, 0.25) is 0 Å². The molecule has 0 aromatic carbocycles. The van der Waals surface area contributed by atoms with Gasteiger partial charge < -0.3 is 9.80 Å². The maximum Gasteiger partial charge on any atom is 0.242 e. The summed E-state index contributed by atoms with van der Waals surface area (Å²) in [6.45, 7) is 1.28. The van der Waals surface area contributed by atoms with E-state index in [9.17, 15) is 24.0 Å². The Kier molecular flexibility index (Phi) is 6.00. The fourth-order valence-corrected chi connectivity index (χ4v) is 3.87. The van der Waals surface area contributed by atoms with Crippen LogP contribution in [0.4, 0.5) is 0 Å². The SMILES string of the molecule is O=C(CCC(=O)N1CCN(C(=O)CN2C(=O)CCC2=O)CC1)c1cccs1. The molecule has 2 fully saturated rings. The Morgan fingerprint density at radius 2 is 1.48 bits per heavy atom. The van der Waals surface area contributed by atoms with Gasteiger partial charge in [0, 0.05) is 51.9 Å². The van der Waals surface area contributed by atoms with Gasteiger partial charge >= 0.3 is 0 Å². The quantitative estimate of drug-likeness (QED) is 0.521. The van der Waals surface area contributed by atoms with E-state index in [1.807, 2.05) is 5.38 Å². The van der Waals surface area contributed by atoms with Gasteiger partial charge in [-0.05, 0) is 11.4 Å². The van der Waals surface area contributed by atoms with Crippen LogP contribution in [0.15, 0.2) is 17.5 Å². The Hall–Kier alpha value is -2.55. The van der Waals surface area contributed by atoms with E-state index < -0.39 is 0 Å². The van der Waals surface area contributed by atoms with Crippen LogP contribution in [-0.4, -0.2) is 76.8 Å². The second-order valence-corrected chi connectivity index (χ2v) is 7.48. The van der Waals surface area contributed by atoms with Crippen molar-refractivity contribution in [2.75, 3.05) is 32.7 Å². The first-order valence-corrected chi connectivity index (χ1v) is 9.79. The van der Waals surface area contributed by atoms with Crippen molar-refractivity contribution in [3.8, 4) is 0 Å². The second kappa shape index (κ2) is 8.43. The molecule has 4 amide bonds. The first-order valence-electron chi connectivity index (χ1n) is 8.91. The molecule has 3 rings (SSSR count). The number of hydrogen-bond donors (Lipinski definition) is 0. The molecule has 0 bridgehead atoms. The molecule has 9 heteroatoms. The van der Waals surface area contributed by atoms with Gasteiger partial charge in [0.1, 0.15) is 6.54 Å². The lowest BCUT2D eigenvalue weighted by molar-refractivity contribution is -0.147. The van der Waals surface area contributed by atoms with E-state index in [0.717, 1.165) is 4.90 Å². The highest BCUT2D eigenvalue weighted by Crippen LogP contribution is 2.15. The van der Waals surface area contributed by atoms with Crippen LogP contribution >= 0.6 is 11.3 Å². The van der Waals surface area contributed by atoms with Crippen LogP contribution in [0.25, 0.3) is 0 Å². The predicted molar refractivity (Wildman–Crippen MR) is 97.0 cm³/mol. The monoisotopic (exact) mass is 391 g/mol. The van der Waals surface area contributed by atoms with Gasteiger partial charge in [0.15, 0.2) is 5.78 Å². The van der Waals surface area contributed by atoms with Crippen LogP contribution in [0.5, 0.6) is 0 Å². The Bertz CT molecular complexity index is 737. The topological polar surface area (TPSA) is 95.1 Å². The number of Topliss-reactive ketones (excluding diaryl/α,β-unsaturated/α-hetero) is 1. The van der Waals surface area contributed by atoms with Gasteiger partial charge in [0.05, 0.1) is 4.88 Å². The minimum Gasteiger partial charge on any atom is -0.339 e. The fourth-order valence-electron chi connectivity index (χ4n) is 3.18. The number of imide groups is 1. The average molecular weight is 391 g/mol. The minimum absolute atomic E-state index is 0.0351. The maximum absolute atomic E-state index is 12.3. The standard InChI is InChI=1S/C18H21N3O5S/c22-13(14-2-1-11-27-14)3-4-15(23)19-7-9-20(10-8-19)18(26)12-21-16(24)5-6-17(21)25/h1-2,11H,3-10,12H2. The molecule has 0 unspecified atom stereocenters. The zero-order valence-electron chi connectivity index (χ0n) is 14.9. The number of thiophene rings is 1. The smallest absolute Gasteiger partial charge is 0.242 e. The van der Waals surface area contributed by atoms with Crippen LogP contribution in [0, 0.1) is 0 Å². The van der Waals surface area contributed by atoms with Gasteiger partial charge in [-0.1, -0.05) is 6.07 Å². The predicted octanol–water partition coefficient (Wildman–Crippen LogP) is 0.531. The third kappa shape index (κ3) is 4.60. The lowest BCUT2D eigenvalue weighted by Gasteiger charge is -2.35. The highest BCUT2D eigenvalue weighted by atomic mass is 32.1. The molecule has 3 heterocycles. The molecule has 0 N–H and O–H groups in total. The van der Waals surface area contributed by atoms with E-state index in [1.54, 1.807) is 21.9 Å². The van der Waals surface area contributed by atoms with Gasteiger partial charge in [-0.25, -0.2) is 0 Å². The first-order chi connectivity index (χ1) is 13.0. The molecule has 2 saturated heterocycles. The Morgan fingerprint density at radius 1 is 0.889 bits per heavy atom. The number of hydrogen-bond acceptors (Lipinski definition) is 6. The van der Waals surface area contributed by atoms with E-state index in [-0.39, 0.29) is 61.6 Å². The van der Waals surface area contributed by atoms with Gasteiger partial charge in [-0.3, -0.25) is 28.9 Å². The van der Waals surface area contributed by atoms with E-state index in [4.69, 9.17) is 0 Å². The third-order valence-electron chi connectivity index (χ3n) is 4.80. The van der Waals surface area contributed by atoms with Crippen LogP contribution in [0.3, 0.4) is 0 Å². The number of carbonyl (C=O) groups excluding carboxylic acids is 5. The normalized spacial score (nSPS) is 17.6. The summed E-state index contributed by atoms with van der Waals surface area (Å²) in [5.74, 6) is -1.03. The van der Waals surface area contributed by atoms with E-state index in [1.165, 1.54) is 11.3 Å². The molecule has 2 aliphatic rings. The van der Waals surface area contributed by atoms with Gasteiger partial charge in [-0.15, -0.1) is 11.3 Å². The molecule has 0 saturated carbocycles. The third-order valence-corrected chi connectivity index (χ3v) is 5.71. The van der Waals surface area contributed by atoms with Crippen molar-refractivity contribution in [2.24, 2.45) is 0 Å².